The van der Waals surface area contributed by atoms with Gasteiger partial charge in [0.15, 0.2) is 0 Å². The second-order valence-electron chi connectivity index (χ2n) is 5.89. The maximum Gasteiger partial charge on any atom is 0.258 e. The maximum atomic E-state index is 13.0. The van der Waals surface area contributed by atoms with Crippen molar-refractivity contribution in [1.82, 2.24) is 4.90 Å². The molecule has 25 heavy (non-hydrogen) atoms. The summed E-state index contributed by atoms with van der Waals surface area (Å²) in [6.07, 6.45) is 0. The molecule has 0 unspecified atom stereocenters. The smallest absolute Gasteiger partial charge is 0.258 e. The molecule has 0 saturated carbocycles. The van der Waals surface area contributed by atoms with E-state index in [2.05, 4.69) is 0 Å². The Kier molecular flexibility index (Phi) is 5.31. The first-order chi connectivity index (χ1) is 12.2. The number of carbonyl (C=O) groups excluding carboxylic acids is 1. The molecule has 3 aromatic rings. The maximum absolute atomic E-state index is 13.0. The third kappa shape index (κ3) is 3.80. The molecule has 3 aromatic carbocycles. The lowest BCUT2D eigenvalue weighted by molar-refractivity contribution is 0.0677. The van der Waals surface area contributed by atoms with Gasteiger partial charge in [0.1, 0.15) is 5.75 Å². The fraction of sp³-hybridized carbons (Fsp3) is 0.190. The van der Waals surface area contributed by atoms with Gasteiger partial charge in [0, 0.05) is 25.6 Å². The van der Waals surface area contributed by atoms with Gasteiger partial charge >= 0.3 is 0 Å². The molecule has 1 N–H and O–H groups in total. The van der Waals surface area contributed by atoms with Crippen LogP contribution in [0.3, 0.4) is 0 Å². The Morgan fingerprint density at radius 2 is 1.72 bits per heavy atom. The zero-order valence-electron chi connectivity index (χ0n) is 14.2. The van der Waals surface area contributed by atoms with Gasteiger partial charge in [0.2, 0.25) is 0 Å². The Balaban J connectivity index is 1.92. The van der Waals surface area contributed by atoms with Gasteiger partial charge in [-0.25, -0.2) is 0 Å². The predicted molar refractivity (Wildman–Crippen MR) is 98.7 cm³/mol. The minimum atomic E-state index is -0.204. The minimum Gasteiger partial charge on any atom is -0.506 e. The molecule has 0 spiro atoms. The number of aromatic hydroxyl groups is 1. The number of hydrogen-bond acceptors (Lipinski definition) is 3. The van der Waals surface area contributed by atoms with Gasteiger partial charge in [-0.05, 0) is 17.0 Å². The molecule has 0 aromatic heterocycles. The van der Waals surface area contributed by atoms with Gasteiger partial charge in [-0.15, -0.1) is 0 Å². The first kappa shape index (κ1) is 17.0. The zero-order valence-corrected chi connectivity index (χ0v) is 14.2. The van der Waals surface area contributed by atoms with Crippen molar-refractivity contribution in [2.75, 3.05) is 20.3 Å². The van der Waals surface area contributed by atoms with Crippen LogP contribution in [0.2, 0.25) is 0 Å². The lowest BCUT2D eigenvalue weighted by atomic mass is 10.0. The van der Waals surface area contributed by atoms with Crippen molar-refractivity contribution in [2.24, 2.45) is 0 Å². The van der Waals surface area contributed by atoms with Crippen LogP contribution in [0.15, 0.2) is 66.7 Å². The molecule has 0 aliphatic heterocycles. The number of carbonyl (C=O) groups is 1. The van der Waals surface area contributed by atoms with E-state index in [1.54, 1.807) is 18.1 Å². The summed E-state index contributed by atoms with van der Waals surface area (Å²) in [7, 11) is 1.61. The Hall–Kier alpha value is -2.85. The highest BCUT2D eigenvalue weighted by Crippen LogP contribution is 2.29. The first-order valence-corrected chi connectivity index (χ1v) is 8.23. The molecular weight excluding hydrogens is 314 g/mol. The molecule has 0 aliphatic carbocycles. The number of benzene rings is 3. The Labute approximate surface area is 147 Å². The van der Waals surface area contributed by atoms with Crippen molar-refractivity contribution in [3.8, 4) is 5.75 Å². The summed E-state index contributed by atoms with van der Waals surface area (Å²) in [4.78, 5) is 14.7. The number of ether oxygens (including phenoxy) is 1. The van der Waals surface area contributed by atoms with Crippen molar-refractivity contribution < 1.29 is 14.6 Å². The summed E-state index contributed by atoms with van der Waals surface area (Å²) in [6.45, 7) is 1.36. The monoisotopic (exact) mass is 335 g/mol. The van der Waals surface area contributed by atoms with Crippen LogP contribution in [-0.2, 0) is 11.3 Å². The van der Waals surface area contributed by atoms with Crippen LogP contribution in [0.5, 0.6) is 5.75 Å². The van der Waals surface area contributed by atoms with Gasteiger partial charge in [-0.3, -0.25) is 4.79 Å². The van der Waals surface area contributed by atoms with E-state index in [0.717, 1.165) is 10.9 Å². The van der Waals surface area contributed by atoms with E-state index in [-0.39, 0.29) is 11.7 Å². The average Bonchev–Trinajstić information content (AvgIpc) is 2.66. The summed E-state index contributed by atoms with van der Waals surface area (Å²) in [5.41, 5.74) is 1.35. The molecule has 0 bridgehead atoms. The first-order valence-electron chi connectivity index (χ1n) is 8.23. The standard InChI is InChI=1S/C21H21NO3/c1-25-14-13-22(15-16-7-3-2-4-8-16)21(24)19-12-11-17-9-5-6-10-18(17)20(19)23/h2-12,23H,13-15H2,1H3. The molecule has 0 heterocycles. The van der Waals surface area contributed by atoms with Crippen LogP contribution in [0.1, 0.15) is 15.9 Å². The van der Waals surface area contributed by atoms with Gasteiger partial charge in [0.25, 0.3) is 5.91 Å². The van der Waals surface area contributed by atoms with Gasteiger partial charge < -0.3 is 14.7 Å². The number of phenols is 1. The number of phenolic OH excluding ortho intramolecular Hbond substituents is 1. The largest absolute Gasteiger partial charge is 0.506 e. The Morgan fingerprint density at radius 1 is 1.00 bits per heavy atom. The molecule has 0 saturated heterocycles. The number of amides is 1. The van der Waals surface area contributed by atoms with E-state index in [4.69, 9.17) is 4.74 Å². The molecule has 128 valence electrons. The van der Waals surface area contributed by atoms with Crippen molar-refractivity contribution in [3.63, 3.8) is 0 Å². The van der Waals surface area contributed by atoms with Crippen molar-refractivity contribution >= 4 is 16.7 Å². The molecule has 1 amide bonds. The number of methoxy groups -OCH3 is 1. The Morgan fingerprint density at radius 3 is 2.48 bits per heavy atom. The van der Waals surface area contributed by atoms with Gasteiger partial charge in [-0.1, -0.05) is 60.7 Å². The van der Waals surface area contributed by atoms with E-state index in [0.29, 0.717) is 30.6 Å². The highest BCUT2D eigenvalue weighted by atomic mass is 16.5. The SMILES string of the molecule is COCCN(Cc1ccccc1)C(=O)c1ccc2ccccc2c1O. The van der Waals surface area contributed by atoms with Crippen LogP contribution in [0.4, 0.5) is 0 Å². The fourth-order valence-electron chi connectivity index (χ4n) is 2.86. The summed E-state index contributed by atoms with van der Waals surface area (Å²) < 4.78 is 5.14. The van der Waals surface area contributed by atoms with Gasteiger partial charge in [0.05, 0.1) is 12.2 Å². The second-order valence-corrected chi connectivity index (χ2v) is 5.89. The predicted octanol–water partition coefficient (Wildman–Crippen LogP) is 3.83. The van der Waals surface area contributed by atoms with Crippen LogP contribution >= 0.6 is 0 Å². The molecule has 0 fully saturated rings. The number of fused-ring (bicyclic) bond motifs is 1. The fourth-order valence-corrected chi connectivity index (χ4v) is 2.86. The van der Waals surface area contributed by atoms with Crippen LogP contribution < -0.4 is 0 Å². The van der Waals surface area contributed by atoms with Crippen molar-refractivity contribution in [2.45, 2.75) is 6.54 Å². The number of rotatable bonds is 6. The summed E-state index contributed by atoms with van der Waals surface area (Å²) in [5, 5.41) is 12.2. The van der Waals surface area contributed by atoms with E-state index in [1.165, 1.54) is 0 Å². The average molecular weight is 335 g/mol. The molecule has 0 aliphatic rings. The quantitative estimate of drug-likeness (QED) is 0.745. The number of nitrogens with zero attached hydrogens (tertiary/aromatic N) is 1. The summed E-state index contributed by atoms with van der Waals surface area (Å²) in [6, 6.07) is 20.8. The van der Waals surface area contributed by atoms with Gasteiger partial charge in [-0.2, -0.15) is 0 Å². The third-order valence-corrected chi connectivity index (χ3v) is 4.20. The molecular formula is C21H21NO3. The third-order valence-electron chi connectivity index (χ3n) is 4.20. The van der Waals surface area contributed by atoms with E-state index in [9.17, 15) is 9.90 Å². The Bertz CT molecular complexity index is 861. The zero-order chi connectivity index (χ0) is 17.6. The molecule has 4 heteroatoms. The van der Waals surface area contributed by atoms with Crippen LogP contribution in [-0.4, -0.2) is 36.2 Å². The number of hydrogen-bond donors (Lipinski definition) is 1. The van der Waals surface area contributed by atoms with E-state index < -0.39 is 0 Å². The summed E-state index contributed by atoms with van der Waals surface area (Å²) >= 11 is 0. The topological polar surface area (TPSA) is 49.8 Å². The second kappa shape index (κ2) is 7.81. The minimum absolute atomic E-state index is 0.0265. The molecule has 3 rings (SSSR count). The van der Waals surface area contributed by atoms with Crippen molar-refractivity contribution in [1.29, 1.82) is 0 Å². The highest BCUT2D eigenvalue weighted by molar-refractivity contribution is 6.03. The molecule has 0 radical (unpaired) electrons. The normalized spacial score (nSPS) is 10.8. The lowest BCUT2D eigenvalue weighted by Crippen LogP contribution is -2.33. The van der Waals surface area contributed by atoms with Crippen LogP contribution in [0, 0.1) is 0 Å². The van der Waals surface area contributed by atoms with E-state index >= 15 is 0 Å². The summed E-state index contributed by atoms with van der Waals surface area (Å²) in [5.74, 6) is -0.178. The molecule has 0 atom stereocenters. The van der Waals surface area contributed by atoms with Crippen LogP contribution in [0.25, 0.3) is 10.8 Å². The highest BCUT2D eigenvalue weighted by Gasteiger charge is 2.20. The lowest BCUT2D eigenvalue weighted by Gasteiger charge is -2.23. The van der Waals surface area contributed by atoms with Crippen molar-refractivity contribution in [3.05, 3.63) is 77.9 Å². The van der Waals surface area contributed by atoms with E-state index in [1.807, 2.05) is 60.7 Å². The molecule has 4 nitrogen and oxygen atoms in total.